The molecule has 4 aromatic rings. The van der Waals surface area contributed by atoms with Crippen LogP contribution in [0.1, 0.15) is 25.0 Å². The molecule has 2 atom stereocenters. The lowest BCUT2D eigenvalue weighted by Gasteiger charge is -2.26. The van der Waals surface area contributed by atoms with E-state index in [1.807, 2.05) is 72.9 Å². The Morgan fingerprint density at radius 1 is 0.972 bits per heavy atom. The fraction of sp³-hybridized carbons (Fsp3) is 0.250. The van der Waals surface area contributed by atoms with Crippen molar-refractivity contribution in [3.8, 4) is 0 Å². The third kappa shape index (κ3) is 5.90. The number of aromatic amines is 1. The lowest BCUT2D eigenvalue weighted by Crippen LogP contribution is -2.59. The van der Waals surface area contributed by atoms with E-state index in [0.29, 0.717) is 12.8 Å². The standard InChI is InChI=1S/C28H31N5O3/c1-28(2,29)27(36)32-24(14-18-11-12-19-7-3-4-8-20(19)13-18)26(35)33-25(31-17-34)15-21-16-30-23-10-6-5-9-22(21)23/h3-13,16-17,24-25,30H,14-15,29H2,1-2H3,(H,31,34)(H,32,36)(H,33,35)/t24-,25-/m1/s1. The maximum atomic E-state index is 13.4. The monoisotopic (exact) mass is 485 g/mol. The lowest BCUT2D eigenvalue weighted by molar-refractivity contribution is -0.131. The molecule has 1 heterocycles. The molecule has 0 aliphatic heterocycles. The second-order valence-corrected chi connectivity index (χ2v) is 9.54. The van der Waals surface area contributed by atoms with E-state index in [4.69, 9.17) is 5.73 Å². The van der Waals surface area contributed by atoms with E-state index in [-0.39, 0.29) is 6.42 Å². The van der Waals surface area contributed by atoms with Crippen molar-refractivity contribution in [1.29, 1.82) is 0 Å². The number of benzene rings is 3. The number of fused-ring (bicyclic) bond motifs is 2. The third-order valence-corrected chi connectivity index (χ3v) is 6.15. The van der Waals surface area contributed by atoms with Crippen LogP contribution in [-0.2, 0) is 27.2 Å². The third-order valence-electron chi connectivity index (χ3n) is 6.15. The van der Waals surface area contributed by atoms with Crippen molar-refractivity contribution in [1.82, 2.24) is 20.9 Å². The molecular formula is C28H31N5O3. The number of carbonyl (C=O) groups excluding carboxylic acids is 3. The summed E-state index contributed by atoms with van der Waals surface area (Å²) in [5.74, 6) is -0.861. The molecule has 186 valence electrons. The van der Waals surface area contributed by atoms with Gasteiger partial charge in [-0.05, 0) is 41.8 Å². The summed E-state index contributed by atoms with van der Waals surface area (Å²) in [5, 5.41) is 11.5. The highest BCUT2D eigenvalue weighted by atomic mass is 16.2. The van der Waals surface area contributed by atoms with Crippen molar-refractivity contribution in [2.75, 3.05) is 0 Å². The van der Waals surface area contributed by atoms with Gasteiger partial charge in [0.25, 0.3) is 0 Å². The maximum Gasteiger partial charge on any atom is 0.244 e. The van der Waals surface area contributed by atoms with Crippen LogP contribution in [0.15, 0.2) is 72.9 Å². The summed E-state index contributed by atoms with van der Waals surface area (Å²) in [5.41, 5.74) is 7.63. The Morgan fingerprint density at radius 2 is 1.69 bits per heavy atom. The highest BCUT2D eigenvalue weighted by Gasteiger charge is 2.29. The Morgan fingerprint density at radius 3 is 2.44 bits per heavy atom. The maximum absolute atomic E-state index is 13.4. The molecule has 0 aliphatic carbocycles. The average molecular weight is 486 g/mol. The Bertz CT molecular complexity index is 1390. The predicted molar refractivity (Wildman–Crippen MR) is 141 cm³/mol. The van der Waals surface area contributed by atoms with E-state index in [0.717, 1.165) is 32.8 Å². The molecule has 0 saturated carbocycles. The van der Waals surface area contributed by atoms with Crippen LogP contribution in [0.5, 0.6) is 0 Å². The zero-order valence-electron chi connectivity index (χ0n) is 20.4. The van der Waals surface area contributed by atoms with Crippen molar-refractivity contribution < 1.29 is 14.4 Å². The Balaban J connectivity index is 1.55. The number of hydrogen-bond donors (Lipinski definition) is 5. The fourth-order valence-corrected chi connectivity index (χ4v) is 4.18. The number of nitrogens with two attached hydrogens (primary N) is 1. The molecule has 0 unspecified atom stereocenters. The topological polar surface area (TPSA) is 129 Å². The fourth-order valence-electron chi connectivity index (χ4n) is 4.18. The molecule has 0 aliphatic rings. The van der Waals surface area contributed by atoms with E-state index in [1.165, 1.54) is 0 Å². The quantitative estimate of drug-likeness (QED) is 0.175. The van der Waals surface area contributed by atoms with Crippen molar-refractivity contribution in [2.45, 2.75) is 44.4 Å². The summed E-state index contributed by atoms with van der Waals surface area (Å²) in [7, 11) is 0. The molecule has 0 bridgehead atoms. The highest BCUT2D eigenvalue weighted by molar-refractivity contribution is 5.92. The molecule has 8 nitrogen and oxygen atoms in total. The van der Waals surface area contributed by atoms with Crippen LogP contribution >= 0.6 is 0 Å². The SMILES string of the molecule is CC(C)(N)C(=O)N[C@H](Cc1ccc2ccccc2c1)C(=O)N[C@H](Cc1c[nH]c2ccccc12)NC=O. The molecular weight excluding hydrogens is 454 g/mol. The van der Waals surface area contributed by atoms with Crippen molar-refractivity contribution >= 4 is 39.9 Å². The van der Waals surface area contributed by atoms with Crippen LogP contribution in [0.2, 0.25) is 0 Å². The summed E-state index contributed by atoms with van der Waals surface area (Å²) < 4.78 is 0. The molecule has 4 rings (SSSR count). The van der Waals surface area contributed by atoms with Crippen LogP contribution in [0, 0.1) is 0 Å². The average Bonchev–Trinajstić information content (AvgIpc) is 3.25. The molecule has 0 fully saturated rings. The van der Waals surface area contributed by atoms with Gasteiger partial charge in [-0.3, -0.25) is 14.4 Å². The molecule has 8 heteroatoms. The van der Waals surface area contributed by atoms with Gasteiger partial charge in [0.15, 0.2) is 0 Å². The van der Waals surface area contributed by atoms with Gasteiger partial charge in [-0.15, -0.1) is 0 Å². The Hall–Kier alpha value is -4.17. The first-order valence-corrected chi connectivity index (χ1v) is 11.9. The first-order valence-electron chi connectivity index (χ1n) is 11.9. The first kappa shape index (κ1) is 24.9. The number of H-pyrrole nitrogens is 1. The van der Waals surface area contributed by atoms with Crippen LogP contribution in [0.3, 0.4) is 0 Å². The van der Waals surface area contributed by atoms with E-state index >= 15 is 0 Å². The smallest absolute Gasteiger partial charge is 0.244 e. The number of carbonyl (C=O) groups is 3. The minimum atomic E-state index is -1.16. The summed E-state index contributed by atoms with van der Waals surface area (Å²) in [6.45, 7) is 3.17. The summed E-state index contributed by atoms with van der Waals surface area (Å²) in [6.07, 6.45) is 2.38. The lowest BCUT2D eigenvalue weighted by atomic mass is 9.99. The predicted octanol–water partition coefficient (Wildman–Crippen LogP) is 2.52. The molecule has 1 aromatic heterocycles. The number of amides is 3. The molecule has 3 aromatic carbocycles. The van der Waals surface area contributed by atoms with Crippen molar-refractivity contribution in [2.24, 2.45) is 5.73 Å². The van der Waals surface area contributed by atoms with Gasteiger partial charge >= 0.3 is 0 Å². The van der Waals surface area contributed by atoms with Crippen molar-refractivity contribution in [3.05, 3.63) is 84.1 Å². The van der Waals surface area contributed by atoms with Gasteiger partial charge in [0, 0.05) is 29.9 Å². The zero-order valence-corrected chi connectivity index (χ0v) is 20.4. The van der Waals surface area contributed by atoms with Gasteiger partial charge < -0.3 is 26.7 Å². The number of aromatic nitrogens is 1. The largest absolute Gasteiger partial charge is 0.361 e. The molecule has 6 N–H and O–H groups in total. The van der Waals surface area contributed by atoms with Crippen LogP contribution in [0.4, 0.5) is 0 Å². The second kappa shape index (κ2) is 10.6. The zero-order chi connectivity index (χ0) is 25.7. The Labute approximate surface area is 209 Å². The van der Waals surface area contributed by atoms with Crippen LogP contribution < -0.4 is 21.7 Å². The highest BCUT2D eigenvalue weighted by Crippen LogP contribution is 2.19. The van der Waals surface area contributed by atoms with Gasteiger partial charge in [-0.2, -0.15) is 0 Å². The van der Waals surface area contributed by atoms with E-state index in [1.54, 1.807) is 13.8 Å². The number of hydrogen-bond acceptors (Lipinski definition) is 4. The molecule has 0 radical (unpaired) electrons. The normalized spacial score (nSPS) is 13.2. The van der Waals surface area contributed by atoms with Crippen LogP contribution in [0.25, 0.3) is 21.7 Å². The molecule has 3 amide bonds. The van der Waals surface area contributed by atoms with Crippen molar-refractivity contribution in [3.63, 3.8) is 0 Å². The van der Waals surface area contributed by atoms with Crippen LogP contribution in [-0.4, -0.2) is 41.0 Å². The summed E-state index contributed by atoms with van der Waals surface area (Å²) in [6, 6.07) is 20.8. The molecule has 0 saturated heterocycles. The van der Waals surface area contributed by atoms with Gasteiger partial charge in [0.05, 0.1) is 5.54 Å². The number of para-hydroxylation sites is 1. The number of rotatable bonds is 10. The minimum Gasteiger partial charge on any atom is -0.361 e. The van der Waals surface area contributed by atoms with E-state index < -0.39 is 29.6 Å². The van der Waals surface area contributed by atoms with Gasteiger partial charge in [-0.1, -0.05) is 60.7 Å². The molecule has 0 spiro atoms. The number of nitrogens with one attached hydrogen (secondary N) is 4. The second-order valence-electron chi connectivity index (χ2n) is 9.54. The minimum absolute atomic E-state index is 0.263. The summed E-state index contributed by atoms with van der Waals surface area (Å²) in [4.78, 5) is 40.7. The van der Waals surface area contributed by atoms with Gasteiger partial charge in [0.1, 0.15) is 12.2 Å². The van der Waals surface area contributed by atoms with E-state index in [2.05, 4.69) is 20.9 Å². The Kier molecular flexibility index (Phi) is 7.36. The van der Waals surface area contributed by atoms with Gasteiger partial charge in [0.2, 0.25) is 18.2 Å². The molecule has 36 heavy (non-hydrogen) atoms. The first-order chi connectivity index (χ1) is 17.2. The van der Waals surface area contributed by atoms with E-state index in [9.17, 15) is 14.4 Å². The summed E-state index contributed by atoms with van der Waals surface area (Å²) >= 11 is 0. The van der Waals surface area contributed by atoms with Gasteiger partial charge in [-0.25, -0.2) is 0 Å².